The lowest BCUT2D eigenvalue weighted by molar-refractivity contribution is 0.0863. The van der Waals surface area contributed by atoms with E-state index in [1.54, 1.807) is 32.9 Å². The van der Waals surface area contributed by atoms with Crippen molar-refractivity contribution in [3.05, 3.63) is 40.7 Å². The number of hydrogen-bond donors (Lipinski definition) is 2. The zero-order valence-electron chi connectivity index (χ0n) is 12.1. The van der Waals surface area contributed by atoms with Crippen LogP contribution in [-0.4, -0.2) is 38.2 Å². The van der Waals surface area contributed by atoms with Crippen LogP contribution in [-0.2, 0) is 0 Å². The van der Waals surface area contributed by atoms with Crippen molar-refractivity contribution in [2.24, 2.45) is 0 Å². The molecule has 0 atom stereocenters. The first-order valence-electron chi connectivity index (χ1n) is 6.46. The largest absolute Gasteiger partial charge is 0.394 e. The number of halogens is 1. The predicted octanol–water partition coefficient (Wildman–Crippen LogP) is 1.73. The Morgan fingerprint density at radius 2 is 2.10 bits per heavy atom. The van der Waals surface area contributed by atoms with E-state index in [-0.39, 0.29) is 18.2 Å². The standard InChI is InChI=1S/C14H17ClN4O2/c1-9-12(13(21)16-14(2,3)8-20)17-18-19(9)11-7-5-4-6-10(11)15/h4-7,20H,8H2,1-3H3,(H,16,21). The van der Waals surface area contributed by atoms with Crippen LogP contribution in [0.15, 0.2) is 24.3 Å². The van der Waals surface area contributed by atoms with Crippen LogP contribution >= 0.6 is 11.6 Å². The number of aromatic nitrogens is 3. The third-order valence-electron chi connectivity index (χ3n) is 3.04. The van der Waals surface area contributed by atoms with Gasteiger partial charge < -0.3 is 10.4 Å². The molecule has 7 heteroatoms. The van der Waals surface area contributed by atoms with Crippen LogP contribution in [0.4, 0.5) is 0 Å². The Morgan fingerprint density at radius 3 is 2.71 bits per heavy atom. The third-order valence-corrected chi connectivity index (χ3v) is 3.36. The maximum atomic E-state index is 12.2. The number of para-hydroxylation sites is 1. The second-order valence-electron chi connectivity index (χ2n) is 5.38. The van der Waals surface area contributed by atoms with Gasteiger partial charge in [0.05, 0.1) is 28.5 Å². The van der Waals surface area contributed by atoms with Crippen LogP contribution < -0.4 is 5.32 Å². The van der Waals surface area contributed by atoms with Crippen molar-refractivity contribution in [3.8, 4) is 5.69 Å². The average molecular weight is 309 g/mol. The molecule has 2 rings (SSSR count). The fourth-order valence-electron chi connectivity index (χ4n) is 1.80. The maximum absolute atomic E-state index is 12.2. The summed E-state index contributed by atoms with van der Waals surface area (Å²) in [7, 11) is 0. The van der Waals surface area contributed by atoms with Gasteiger partial charge in [0.25, 0.3) is 5.91 Å². The molecule has 1 amide bonds. The van der Waals surface area contributed by atoms with Crippen molar-refractivity contribution in [3.63, 3.8) is 0 Å². The van der Waals surface area contributed by atoms with Crippen LogP contribution in [0.5, 0.6) is 0 Å². The molecular formula is C14H17ClN4O2. The van der Waals surface area contributed by atoms with Gasteiger partial charge in [-0.25, -0.2) is 4.68 Å². The van der Waals surface area contributed by atoms with Crippen LogP contribution in [0.25, 0.3) is 5.69 Å². The summed E-state index contributed by atoms with van der Waals surface area (Å²) in [4.78, 5) is 12.2. The van der Waals surface area contributed by atoms with E-state index in [0.717, 1.165) is 0 Å². The number of carbonyl (C=O) groups is 1. The molecule has 6 nitrogen and oxygen atoms in total. The van der Waals surface area contributed by atoms with Crippen molar-refractivity contribution in [1.29, 1.82) is 0 Å². The van der Waals surface area contributed by atoms with Crippen molar-refractivity contribution >= 4 is 17.5 Å². The predicted molar refractivity (Wildman–Crippen MR) is 79.7 cm³/mol. The minimum atomic E-state index is -0.725. The van der Waals surface area contributed by atoms with Gasteiger partial charge in [0.1, 0.15) is 0 Å². The highest BCUT2D eigenvalue weighted by atomic mass is 35.5. The van der Waals surface area contributed by atoms with Crippen LogP contribution in [0.2, 0.25) is 5.02 Å². The number of nitrogens with one attached hydrogen (secondary N) is 1. The Balaban J connectivity index is 2.34. The molecule has 0 unspecified atom stereocenters. The number of amides is 1. The van der Waals surface area contributed by atoms with Crippen molar-refractivity contribution in [2.45, 2.75) is 26.3 Å². The zero-order chi connectivity index (χ0) is 15.6. The summed E-state index contributed by atoms with van der Waals surface area (Å²) in [5, 5.41) is 20.3. The fourth-order valence-corrected chi connectivity index (χ4v) is 2.01. The molecule has 1 heterocycles. The number of hydrogen-bond acceptors (Lipinski definition) is 4. The molecule has 0 saturated carbocycles. The Hall–Kier alpha value is -1.92. The first kappa shape index (κ1) is 15.5. The number of aliphatic hydroxyl groups excluding tert-OH is 1. The molecule has 0 radical (unpaired) electrons. The van der Waals surface area contributed by atoms with Gasteiger partial charge in [-0.1, -0.05) is 28.9 Å². The Bertz CT molecular complexity index is 667. The van der Waals surface area contributed by atoms with Gasteiger partial charge in [-0.3, -0.25) is 4.79 Å². The summed E-state index contributed by atoms with van der Waals surface area (Å²) in [5.74, 6) is -0.384. The molecule has 0 aliphatic carbocycles. The average Bonchev–Trinajstić information content (AvgIpc) is 2.81. The van der Waals surface area contributed by atoms with Crippen LogP contribution in [0.1, 0.15) is 30.0 Å². The minimum absolute atomic E-state index is 0.170. The fraction of sp³-hybridized carbons (Fsp3) is 0.357. The molecule has 0 aliphatic heterocycles. The number of rotatable bonds is 4. The van der Waals surface area contributed by atoms with Gasteiger partial charge in [-0.2, -0.15) is 0 Å². The van der Waals surface area contributed by atoms with Crippen LogP contribution in [0.3, 0.4) is 0 Å². The number of nitrogens with zero attached hydrogens (tertiary/aromatic N) is 3. The minimum Gasteiger partial charge on any atom is -0.394 e. The number of aliphatic hydroxyl groups is 1. The first-order valence-corrected chi connectivity index (χ1v) is 6.84. The Morgan fingerprint density at radius 1 is 1.43 bits per heavy atom. The Kier molecular flexibility index (Phi) is 4.29. The Labute approximate surface area is 127 Å². The summed E-state index contributed by atoms with van der Waals surface area (Å²) in [5.41, 5.74) is 0.716. The monoisotopic (exact) mass is 308 g/mol. The van der Waals surface area contributed by atoms with E-state index in [1.165, 1.54) is 4.68 Å². The molecule has 2 N–H and O–H groups in total. The molecule has 1 aromatic carbocycles. The summed E-state index contributed by atoms with van der Waals surface area (Å²) in [6.07, 6.45) is 0. The van der Waals surface area contributed by atoms with Gasteiger partial charge >= 0.3 is 0 Å². The summed E-state index contributed by atoms with van der Waals surface area (Å²) >= 11 is 6.13. The summed E-state index contributed by atoms with van der Waals surface area (Å²) < 4.78 is 1.52. The second kappa shape index (κ2) is 5.83. The van der Waals surface area contributed by atoms with E-state index in [2.05, 4.69) is 15.6 Å². The lowest BCUT2D eigenvalue weighted by Gasteiger charge is -2.22. The van der Waals surface area contributed by atoms with Crippen molar-refractivity contribution in [1.82, 2.24) is 20.3 Å². The highest BCUT2D eigenvalue weighted by Crippen LogP contribution is 2.21. The molecule has 1 aromatic heterocycles. The van der Waals surface area contributed by atoms with Gasteiger partial charge in [0, 0.05) is 0 Å². The lowest BCUT2D eigenvalue weighted by atomic mass is 10.1. The normalized spacial score (nSPS) is 11.5. The van der Waals surface area contributed by atoms with Crippen LogP contribution in [0, 0.1) is 6.92 Å². The highest BCUT2D eigenvalue weighted by molar-refractivity contribution is 6.32. The highest BCUT2D eigenvalue weighted by Gasteiger charge is 2.24. The van der Waals surface area contributed by atoms with E-state index in [9.17, 15) is 9.90 Å². The number of carbonyl (C=O) groups excluding carboxylic acids is 1. The van der Waals surface area contributed by atoms with E-state index in [0.29, 0.717) is 16.4 Å². The first-order chi connectivity index (χ1) is 9.85. The SMILES string of the molecule is Cc1c(C(=O)NC(C)(C)CO)nnn1-c1ccccc1Cl. The van der Waals surface area contributed by atoms with E-state index < -0.39 is 5.54 Å². The lowest BCUT2D eigenvalue weighted by Crippen LogP contribution is -2.46. The van der Waals surface area contributed by atoms with Gasteiger partial charge in [-0.15, -0.1) is 5.10 Å². The topological polar surface area (TPSA) is 80.0 Å². The molecule has 2 aromatic rings. The molecule has 0 spiro atoms. The molecule has 112 valence electrons. The third kappa shape index (κ3) is 3.22. The molecule has 0 saturated heterocycles. The summed E-state index contributed by atoms with van der Waals surface area (Å²) in [6, 6.07) is 7.18. The second-order valence-corrected chi connectivity index (χ2v) is 5.79. The van der Waals surface area contributed by atoms with E-state index in [4.69, 9.17) is 11.6 Å². The van der Waals surface area contributed by atoms with E-state index >= 15 is 0 Å². The van der Waals surface area contributed by atoms with Gasteiger partial charge in [0.2, 0.25) is 0 Å². The zero-order valence-corrected chi connectivity index (χ0v) is 12.8. The molecule has 0 fully saturated rings. The number of benzene rings is 1. The molecule has 0 aliphatic rings. The van der Waals surface area contributed by atoms with E-state index in [1.807, 2.05) is 12.1 Å². The summed E-state index contributed by atoms with van der Waals surface area (Å²) in [6.45, 7) is 5.01. The van der Waals surface area contributed by atoms with Crippen molar-refractivity contribution in [2.75, 3.05) is 6.61 Å². The van der Waals surface area contributed by atoms with Gasteiger partial charge in [0.15, 0.2) is 5.69 Å². The smallest absolute Gasteiger partial charge is 0.274 e. The quantitative estimate of drug-likeness (QED) is 0.901. The molecule has 21 heavy (non-hydrogen) atoms. The maximum Gasteiger partial charge on any atom is 0.274 e. The van der Waals surface area contributed by atoms with Gasteiger partial charge in [-0.05, 0) is 32.9 Å². The molecule has 0 bridgehead atoms. The van der Waals surface area contributed by atoms with Crippen molar-refractivity contribution < 1.29 is 9.90 Å². The molecular weight excluding hydrogens is 292 g/mol.